The van der Waals surface area contributed by atoms with Crippen LogP contribution in [-0.2, 0) is 23.8 Å². The highest BCUT2D eigenvalue weighted by molar-refractivity contribution is 7.86. The lowest BCUT2D eigenvalue weighted by atomic mass is 9.57. The van der Waals surface area contributed by atoms with E-state index in [1.807, 2.05) is 6.92 Å². The van der Waals surface area contributed by atoms with Crippen LogP contribution in [0.5, 0.6) is 0 Å². The smallest absolute Gasteiger partial charge is 0.296 e. The Kier molecular flexibility index (Phi) is 10.1. The van der Waals surface area contributed by atoms with Gasteiger partial charge in [0.2, 0.25) is 0 Å². The van der Waals surface area contributed by atoms with Gasteiger partial charge in [-0.3, -0.25) is 4.18 Å². The molecule has 2 rings (SSSR count). The molecule has 1 aliphatic heterocycles. The molecule has 1 aliphatic rings. The quantitative estimate of drug-likeness (QED) is 0.283. The molecule has 1 N–H and O–H groups in total. The molecule has 1 saturated heterocycles. The fourth-order valence-electron chi connectivity index (χ4n) is 5.04. The second kappa shape index (κ2) is 11.6. The van der Waals surface area contributed by atoms with Gasteiger partial charge in [-0.15, -0.1) is 0 Å². The fourth-order valence-corrected chi connectivity index (χ4v) is 5.74. The van der Waals surface area contributed by atoms with Crippen molar-refractivity contribution >= 4 is 10.1 Å². The molecule has 0 aromatic heterocycles. The van der Waals surface area contributed by atoms with E-state index in [1.54, 1.807) is 18.2 Å². The van der Waals surface area contributed by atoms with E-state index < -0.39 is 16.4 Å². The summed E-state index contributed by atoms with van der Waals surface area (Å²) < 4.78 is 42.5. The van der Waals surface area contributed by atoms with Gasteiger partial charge in [0, 0.05) is 18.6 Å². The Balaban J connectivity index is 2.35. The molecule has 0 spiro atoms. The third-order valence-electron chi connectivity index (χ3n) is 10.0. The maximum atomic E-state index is 12.4. The van der Waals surface area contributed by atoms with Crippen LogP contribution in [0.2, 0.25) is 0 Å². The number of hydrogen-bond acceptors (Lipinski definition) is 6. The van der Waals surface area contributed by atoms with Gasteiger partial charge in [0.15, 0.2) is 6.29 Å². The first-order chi connectivity index (χ1) is 16.8. The summed E-state index contributed by atoms with van der Waals surface area (Å²) >= 11 is 0. The number of aryl methyl sites for hydroxylation is 1. The van der Waals surface area contributed by atoms with Crippen LogP contribution in [0.15, 0.2) is 23.1 Å². The minimum atomic E-state index is -3.82. The molecule has 0 saturated carbocycles. The molecule has 0 radical (unpaired) electrons. The zero-order valence-electron chi connectivity index (χ0n) is 25.1. The molecule has 214 valence electrons. The Labute approximate surface area is 226 Å². The number of aliphatic hydroxyl groups is 1. The Morgan fingerprint density at radius 1 is 0.946 bits per heavy atom. The molecule has 7 heteroatoms. The lowest BCUT2D eigenvalue weighted by Crippen LogP contribution is -2.49. The zero-order valence-corrected chi connectivity index (χ0v) is 25.9. The molecular formula is C30H52O6S. The molecule has 37 heavy (non-hydrogen) atoms. The van der Waals surface area contributed by atoms with Gasteiger partial charge >= 0.3 is 0 Å². The number of ether oxygens (including phenoxy) is 2. The molecular weight excluding hydrogens is 488 g/mol. The van der Waals surface area contributed by atoms with Gasteiger partial charge in [-0.2, -0.15) is 8.42 Å². The van der Waals surface area contributed by atoms with Crippen molar-refractivity contribution in [2.75, 3.05) is 13.7 Å². The topological polar surface area (TPSA) is 82.1 Å². The van der Waals surface area contributed by atoms with Gasteiger partial charge in [-0.05, 0) is 72.0 Å². The summed E-state index contributed by atoms with van der Waals surface area (Å²) in [6.07, 6.45) is 3.78. The number of benzene rings is 1. The molecule has 1 fully saturated rings. The van der Waals surface area contributed by atoms with E-state index >= 15 is 0 Å². The monoisotopic (exact) mass is 540 g/mol. The van der Waals surface area contributed by atoms with Gasteiger partial charge in [-0.1, -0.05) is 68.4 Å². The highest BCUT2D eigenvalue weighted by atomic mass is 32.2. The predicted octanol–water partition coefficient (Wildman–Crippen LogP) is 7.18. The Hall–Kier alpha value is -0.990. The number of hydrogen-bond donors (Lipinski definition) is 1. The van der Waals surface area contributed by atoms with Crippen molar-refractivity contribution in [2.24, 2.45) is 21.7 Å². The van der Waals surface area contributed by atoms with E-state index in [0.717, 1.165) is 43.2 Å². The fraction of sp³-hybridized carbons (Fsp3) is 0.800. The van der Waals surface area contributed by atoms with Gasteiger partial charge in [0.25, 0.3) is 10.1 Å². The standard InChI is InChI=1S/C30H52O6S/c1-12-22-19-25(30(9,10)29(7,8)16-15-27(3,4)28(5,6)17-18-31)36-26(35-22)24-20-23(14-13-21(24)2)37(32,33)34-11/h13-14,20,22,25-26,31H,12,15-19H2,1-11H3. The van der Waals surface area contributed by atoms with Crippen molar-refractivity contribution in [1.82, 2.24) is 0 Å². The van der Waals surface area contributed by atoms with E-state index in [1.165, 1.54) is 7.11 Å². The molecule has 0 bridgehead atoms. The Morgan fingerprint density at radius 3 is 2.05 bits per heavy atom. The summed E-state index contributed by atoms with van der Waals surface area (Å²) in [6.45, 7) is 22.6. The maximum absolute atomic E-state index is 12.4. The minimum Gasteiger partial charge on any atom is -0.396 e. The van der Waals surface area contributed by atoms with Crippen molar-refractivity contribution in [2.45, 2.75) is 125 Å². The maximum Gasteiger partial charge on any atom is 0.296 e. The van der Waals surface area contributed by atoms with Crippen LogP contribution in [0.4, 0.5) is 0 Å². The van der Waals surface area contributed by atoms with Crippen LogP contribution < -0.4 is 0 Å². The summed E-state index contributed by atoms with van der Waals surface area (Å²) in [5.74, 6) is 0. The molecule has 1 heterocycles. The minimum absolute atomic E-state index is 0.0147. The highest BCUT2D eigenvalue weighted by Crippen LogP contribution is 2.53. The van der Waals surface area contributed by atoms with Gasteiger partial charge in [-0.25, -0.2) is 0 Å². The normalized spacial score (nSPS) is 22.3. The summed E-state index contributed by atoms with van der Waals surface area (Å²) in [5.41, 5.74) is 1.52. The molecule has 1 aromatic carbocycles. The number of aliphatic hydroxyl groups excluding tert-OH is 1. The molecule has 3 atom stereocenters. The average Bonchev–Trinajstić information content (AvgIpc) is 2.82. The lowest BCUT2D eigenvalue weighted by molar-refractivity contribution is -0.280. The molecule has 0 aliphatic carbocycles. The van der Waals surface area contributed by atoms with Crippen LogP contribution in [0.3, 0.4) is 0 Å². The van der Waals surface area contributed by atoms with Crippen LogP contribution >= 0.6 is 0 Å². The average molecular weight is 541 g/mol. The van der Waals surface area contributed by atoms with E-state index in [0.29, 0.717) is 0 Å². The van der Waals surface area contributed by atoms with E-state index in [-0.39, 0.29) is 45.4 Å². The Morgan fingerprint density at radius 2 is 1.51 bits per heavy atom. The SMILES string of the molecule is CCC1CC(C(C)(C)C(C)(C)CCC(C)(C)C(C)(C)CCO)OC(c2cc(S(=O)(=O)OC)ccc2C)O1. The number of rotatable bonds is 12. The van der Waals surface area contributed by atoms with Gasteiger partial charge in [0.1, 0.15) is 0 Å². The van der Waals surface area contributed by atoms with E-state index in [2.05, 4.69) is 62.3 Å². The summed E-state index contributed by atoms with van der Waals surface area (Å²) in [5, 5.41) is 9.59. The first kappa shape index (κ1) is 32.2. The lowest BCUT2D eigenvalue weighted by Gasteiger charge is -2.52. The molecule has 3 unspecified atom stereocenters. The van der Waals surface area contributed by atoms with Crippen LogP contribution in [0, 0.1) is 28.6 Å². The summed E-state index contributed by atoms with van der Waals surface area (Å²) in [4.78, 5) is 0.102. The van der Waals surface area contributed by atoms with Crippen molar-refractivity contribution in [3.63, 3.8) is 0 Å². The third kappa shape index (κ3) is 6.96. The van der Waals surface area contributed by atoms with Gasteiger partial charge < -0.3 is 14.6 Å². The van der Waals surface area contributed by atoms with Crippen molar-refractivity contribution in [1.29, 1.82) is 0 Å². The molecule has 1 aromatic rings. The van der Waals surface area contributed by atoms with Gasteiger partial charge in [0.05, 0.1) is 24.2 Å². The van der Waals surface area contributed by atoms with Crippen LogP contribution in [0.1, 0.15) is 112 Å². The largest absolute Gasteiger partial charge is 0.396 e. The van der Waals surface area contributed by atoms with Crippen LogP contribution in [0.25, 0.3) is 0 Å². The third-order valence-corrected chi connectivity index (χ3v) is 11.3. The van der Waals surface area contributed by atoms with E-state index in [4.69, 9.17) is 13.7 Å². The van der Waals surface area contributed by atoms with Crippen LogP contribution in [-0.4, -0.2) is 39.4 Å². The van der Waals surface area contributed by atoms with Crippen molar-refractivity contribution in [3.05, 3.63) is 29.3 Å². The highest BCUT2D eigenvalue weighted by Gasteiger charge is 2.49. The summed E-state index contributed by atoms with van der Waals surface area (Å²) in [6, 6.07) is 4.96. The van der Waals surface area contributed by atoms with Crippen molar-refractivity contribution in [3.8, 4) is 0 Å². The molecule has 0 amide bonds. The van der Waals surface area contributed by atoms with E-state index in [9.17, 15) is 13.5 Å². The first-order valence-electron chi connectivity index (χ1n) is 13.7. The molecule has 6 nitrogen and oxygen atoms in total. The van der Waals surface area contributed by atoms with Crippen molar-refractivity contribution < 1.29 is 27.2 Å². The summed E-state index contributed by atoms with van der Waals surface area (Å²) in [7, 11) is -2.66. The Bertz CT molecular complexity index is 1010. The second-order valence-electron chi connectivity index (χ2n) is 13.3. The zero-order chi connectivity index (χ0) is 28.4. The first-order valence-corrected chi connectivity index (χ1v) is 15.1. The second-order valence-corrected chi connectivity index (χ2v) is 15.1. The predicted molar refractivity (Wildman–Crippen MR) is 149 cm³/mol.